The molecule has 0 spiro atoms. The van der Waals surface area contributed by atoms with Crippen molar-refractivity contribution in [3.05, 3.63) is 65.0 Å². The zero-order valence-corrected chi connectivity index (χ0v) is 11.1. The molecule has 1 aromatic heterocycles. The molecule has 3 heteroatoms. The topological polar surface area (TPSA) is 12.9 Å². The molecule has 1 nitrogen and oxygen atoms in total. The summed E-state index contributed by atoms with van der Waals surface area (Å²) in [6.07, 6.45) is 0. The third-order valence-electron chi connectivity index (χ3n) is 2.67. The van der Waals surface area contributed by atoms with Gasteiger partial charge in [0.15, 0.2) is 0 Å². The van der Waals surface area contributed by atoms with Gasteiger partial charge in [-0.15, -0.1) is 11.3 Å². The van der Waals surface area contributed by atoms with Gasteiger partial charge in [0.2, 0.25) is 0 Å². The van der Waals surface area contributed by atoms with Gasteiger partial charge in [0, 0.05) is 21.5 Å². The molecular weight excluding hydrogens is 262 g/mol. The van der Waals surface area contributed by atoms with Crippen LogP contribution in [0.25, 0.3) is 21.8 Å². The molecule has 0 saturated heterocycles. The minimum Gasteiger partial charge on any atom is -0.236 e. The first kappa shape index (κ1) is 11.5. The molecule has 18 heavy (non-hydrogen) atoms. The zero-order valence-electron chi connectivity index (χ0n) is 9.51. The fraction of sp³-hybridized carbons (Fsp3) is 0. The summed E-state index contributed by atoms with van der Waals surface area (Å²) >= 11 is 7.82. The van der Waals surface area contributed by atoms with E-state index in [1.807, 2.05) is 47.8 Å². The van der Waals surface area contributed by atoms with Crippen LogP contribution in [0.4, 0.5) is 0 Å². The summed E-state index contributed by atoms with van der Waals surface area (Å²) in [4.78, 5) is 4.65. The first-order chi connectivity index (χ1) is 8.84. The average Bonchev–Trinajstić information content (AvgIpc) is 2.90. The van der Waals surface area contributed by atoms with Gasteiger partial charge in [-0.1, -0.05) is 60.1 Å². The SMILES string of the molecule is Clc1ccccc1-c1csc(-c2ccccc2)n1. The Hall–Kier alpha value is -1.64. The lowest BCUT2D eigenvalue weighted by Crippen LogP contribution is -1.80. The maximum absolute atomic E-state index is 6.18. The monoisotopic (exact) mass is 271 g/mol. The molecule has 0 unspecified atom stereocenters. The third kappa shape index (κ3) is 2.17. The number of benzene rings is 2. The molecule has 0 fully saturated rings. The van der Waals surface area contributed by atoms with E-state index < -0.39 is 0 Å². The molecule has 0 atom stereocenters. The largest absolute Gasteiger partial charge is 0.236 e. The van der Waals surface area contributed by atoms with Gasteiger partial charge in [-0.3, -0.25) is 0 Å². The van der Waals surface area contributed by atoms with E-state index in [1.165, 1.54) is 0 Å². The van der Waals surface area contributed by atoms with Crippen LogP contribution in [0.5, 0.6) is 0 Å². The molecule has 0 saturated carbocycles. The molecule has 0 aliphatic heterocycles. The number of aromatic nitrogens is 1. The van der Waals surface area contributed by atoms with Crippen molar-refractivity contribution in [2.45, 2.75) is 0 Å². The van der Waals surface area contributed by atoms with Gasteiger partial charge in [0.1, 0.15) is 5.01 Å². The number of nitrogens with zero attached hydrogens (tertiary/aromatic N) is 1. The van der Waals surface area contributed by atoms with Gasteiger partial charge >= 0.3 is 0 Å². The van der Waals surface area contributed by atoms with Crippen molar-refractivity contribution >= 4 is 22.9 Å². The highest BCUT2D eigenvalue weighted by Gasteiger charge is 2.08. The molecule has 0 aliphatic rings. The van der Waals surface area contributed by atoms with E-state index in [0.717, 1.165) is 26.9 Å². The van der Waals surface area contributed by atoms with Crippen molar-refractivity contribution in [3.63, 3.8) is 0 Å². The van der Waals surface area contributed by atoms with E-state index in [9.17, 15) is 0 Å². The number of hydrogen-bond acceptors (Lipinski definition) is 2. The van der Waals surface area contributed by atoms with Crippen molar-refractivity contribution < 1.29 is 0 Å². The molecule has 88 valence electrons. The van der Waals surface area contributed by atoms with Crippen LogP contribution >= 0.6 is 22.9 Å². The van der Waals surface area contributed by atoms with E-state index >= 15 is 0 Å². The summed E-state index contributed by atoms with van der Waals surface area (Å²) in [5, 5.41) is 3.80. The van der Waals surface area contributed by atoms with Crippen LogP contribution in [-0.4, -0.2) is 4.98 Å². The predicted octanol–water partition coefficient (Wildman–Crippen LogP) is 5.13. The minimum atomic E-state index is 0.738. The standard InChI is InChI=1S/C15H10ClNS/c16-13-9-5-4-8-12(13)14-10-18-15(17-14)11-6-2-1-3-7-11/h1-10H. The Labute approximate surface area is 115 Å². The summed E-state index contributed by atoms with van der Waals surface area (Å²) < 4.78 is 0. The summed E-state index contributed by atoms with van der Waals surface area (Å²) in [5.41, 5.74) is 3.06. The molecule has 3 aromatic rings. The van der Waals surface area contributed by atoms with Crippen LogP contribution in [0.2, 0.25) is 5.02 Å². The lowest BCUT2D eigenvalue weighted by Gasteiger charge is -1.99. The number of thiazole rings is 1. The van der Waals surface area contributed by atoms with Crippen LogP contribution in [-0.2, 0) is 0 Å². The van der Waals surface area contributed by atoms with E-state index in [-0.39, 0.29) is 0 Å². The lowest BCUT2D eigenvalue weighted by molar-refractivity contribution is 1.40. The maximum atomic E-state index is 6.18. The second-order valence-corrected chi connectivity index (χ2v) is 5.15. The summed E-state index contributed by atoms with van der Waals surface area (Å²) in [6.45, 7) is 0. The van der Waals surface area contributed by atoms with E-state index in [1.54, 1.807) is 11.3 Å². The molecule has 0 aliphatic carbocycles. The fourth-order valence-corrected chi connectivity index (χ4v) is 2.84. The molecule has 1 heterocycles. The quantitative estimate of drug-likeness (QED) is 0.630. The summed E-state index contributed by atoms with van der Waals surface area (Å²) in [7, 11) is 0. The second-order valence-electron chi connectivity index (χ2n) is 3.88. The van der Waals surface area contributed by atoms with Crippen molar-refractivity contribution in [2.24, 2.45) is 0 Å². The van der Waals surface area contributed by atoms with Gasteiger partial charge in [0.25, 0.3) is 0 Å². The highest BCUT2D eigenvalue weighted by atomic mass is 35.5. The van der Waals surface area contributed by atoms with Crippen LogP contribution < -0.4 is 0 Å². The zero-order chi connectivity index (χ0) is 12.4. The second kappa shape index (κ2) is 4.92. The number of hydrogen-bond donors (Lipinski definition) is 0. The smallest absolute Gasteiger partial charge is 0.124 e. The number of halogens is 1. The first-order valence-corrected chi connectivity index (χ1v) is 6.86. The van der Waals surface area contributed by atoms with Gasteiger partial charge < -0.3 is 0 Å². The normalized spacial score (nSPS) is 10.5. The van der Waals surface area contributed by atoms with E-state index in [4.69, 9.17) is 11.6 Å². The van der Waals surface area contributed by atoms with Crippen molar-refractivity contribution in [2.75, 3.05) is 0 Å². The van der Waals surface area contributed by atoms with Crippen LogP contribution in [0.1, 0.15) is 0 Å². The highest BCUT2D eigenvalue weighted by molar-refractivity contribution is 7.13. The van der Waals surface area contributed by atoms with E-state index in [2.05, 4.69) is 17.1 Å². The van der Waals surface area contributed by atoms with Gasteiger partial charge in [-0.2, -0.15) is 0 Å². The average molecular weight is 272 g/mol. The van der Waals surface area contributed by atoms with Crippen LogP contribution in [0.15, 0.2) is 60.0 Å². The Balaban J connectivity index is 2.03. The molecular formula is C15H10ClNS. The molecule has 0 amide bonds. The molecule has 0 radical (unpaired) electrons. The Kier molecular flexibility index (Phi) is 3.13. The van der Waals surface area contributed by atoms with Crippen molar-refractivity contribution in [1.82, 2.24) is 4.98 Å². The minimum absolute atomic E-state index is 0.738. The maximum Gasteiger partial charge on any atom is 0.124 e. The van der Waals surface area contributed by atoms with Crippen molar-refractivity contribution in [1.29, 1.82) is 0 Å². The Morgan fingerprint density at radius 2 is 1.61 bits per heavy atom. The van der Waals surface area contributed by atoms with Gasteiger partial charge in [0.05, 0.1) is 5.69 Å². The number of rotatable bonds is 2. The third-order valence-corrected chi connectivity index (χ3v) is 3.90. The summed E-state index contributed by atoms with van der Waals surface area (Å²) in [6, 6.07) is 18.0. The fourth-order valence-electron chi connectivity index (χ4n) is 1.78. The Morgan fingerprint density at radius 1 is 0.889 bits per heavy atom. The molecule has 0 N–H and O–H groups in total. The molecule has 3 rings (SSSR count). The summed E-state index contributed by atoms with van der Waals surface area (Å²) in [5.74, 6) is 0. The molecule has 2 aromatic carbocycles. The van der Waals surface area contributed by atoms with Gasteiger partial charge in [-0.05, 0) is 6.07 Å². The highest BCUT2D eigenvalue weighted by Crippen LogP contribution is 2.32. The lowest BCUT2D eigenvalue weighted by atomic mass is 10.2. The van der Waals surface area contributed by atoms with Gasteiger partial charge in [-0.25, -0.2) is 4.98 Å². The van der Waals surface area contributed by atoms with Crippen molar-refractivity contribution in [3.8, 4) is 21.8 Å². The van der Waals surface area contributed by atoms with Crippen LogP contribution in [0, 0.1) is 0 Å². The first-order valence-electron chi connectivity index (χ1n) is 5.60. The predicted molar refractivity (Wildman–Crippen MR) is 78.0 cm³/mol. The molecule has 0 bridgehead atoms. The van der Waals surface area contributed by atoms with Crippen LogP contribution in [0.3, 0.4) is 0 Å². The van der Waals surface area contributed by atoms with E-state index in [0.29, 0.717) is 0 Å². The Morgan fingerprint density at radius 3 is 2.39 bits per heavy atom. The Bertz CT molecular complexity index is 661.